The molecule has 6 nitrogen and oxygen atoms in total. The number of hydrogen-bond donors (Lipinski definition) is 3. The quantitative estimate of drug-likeness (QED) is 0.187. The van der Waals surface area contributed by atoms with Gasteiger partial charge in [-0.3, -0.25) is 9.79 Å². The summed E-state index contributed by atoms with van der Waals surface area (Å²) in [6, 6.07) is 0. The van der Waals surface area contributed by atoms with E-state index in [-0.39, 0.29) is 35.8 Å². The van der Waals surface area contributed by atoms with Crippen molar-refractivity contribution < 1.29 is 9.53 Å². The van der Waals surface area contributed by atoms with Gasteiger partial charge in [-0.15, -0.1) is 24.0 Å². The number of carbonyl (C=O) groups is 1. The van der Waals surface area contributed by atoms with Crippen molar-refractivity contribution in [2.24, 2.45) is 10.9 Å². The Morgan fingerprint density at radius 3 is 2.30 bits per heavy atom. The molecule has 7 heteroatoms. The van der Waals surface area contributed by atoms with Crippen LogP contribution < -0.4 is 16.0 Å². The maximum atomic E-state index is 11.4. The van der Waals surface area contributed by atoms with Crippen LogP contribution in [-0.2, 0) is 9.53 Å². The zero-order valence-corrected chi connectivity index (χ0v) is 17.4. The van der Waals surface area contributed by atoms with E-state index in [2.05, 4.69) is 27.9 Å². The van der Waals surface area contributed by atoms with E-state index < -0.39 is 0 Å². The number of aliphatic imine (C=N–C) groups is 1. The van der Waals surface area contributed by atoms with Crippen molar-refractivity contribution in [1.82, 2.24) is 16.0 Å². The lowest BCUT2D eigenvalue weighted by atomic mass is 10.2. The van der Waals surface area contributed by atoms with Crippen LogP contribution in [0.5, 0.6) is 0 Å². The maximum absolute atomic E-state index is 11.4. The van der Waals surface area contributed by atoms with Gasteiger partial charge in [-0.1, -0.05) is 27.2 Å². The first-order valence-corrected chi connectivity index (χ1v) is 8.49. The van der Waals surface area contributed by atoms with E-state index >= 15 is 0 Å². The second-order valence-electron chi connectivity index (χ2n) is 5.45. The highest BCUT2D eigenvalue weighted by atomic mass is 127. The number of hydrogen-bond acceptors (Lipinski definition) is 3. The van der Waals surface area contributed by atoms with Crippen molar-refractivity contribution in [3.8, 4) is 0 Å². The lowest BCUT2D eigenvalue weighted by molar-refractivity contribution is -0.123. The molecule has 138 valence electrons. The largest absolute Gasteiger partial charge is 0.381 e. The number of carbonyl (C=O) groups excluding carboxylic acids is 1. The predicted molar refractivity (Wildman–Crippen MR) is 108 cm³/mol. The molecule has 0 aromatic heterocycles. The van der Waals surface area contributed by atoms with E-state index in [1.165, 1.54) is 6.42 Å². The fourth-order valence-electron chi connectivity index (χ4n) is 1.62. The number of nitrogens with zero attached hydrogens (tertiary/aromatic N) is 1. The minimum Gasteiger partial charge on any atom is -0.381 e. The maximum Gasteiger partial charge on any atom is 0.222 e. The molecule has 0 saturated carbocycles. The number of guanidine groups is 1. The van der Waals surface area contributed by atoms with Crippen LogP contribution in [0.3, 0.4) is 0 Å². The molecule has 0 bridgehead atoms. The Morgan fingerprint density at radius 2 is 1.70 bits per heavy atom. The van der Waals surface area contributed by atoms with Gasteiger partial charge in [-0.2, -0.15) is 0 Å². The molecule has 0 aromatic rings. The first kappa shape index (κ1) is 24.7. The zero-order valence-electron chi connectivity index (χ0n) is 15.1. The van der Waals surface area contributed by atoms with Crippen molar-refractivity contribution in [2.45, 2.75) is 47.0 Å². The van der Waals surface area contributed by atoms with Gasteiger partial charge in [0.2, 0.25) is 5.91 Å². The van der Waals surface area contributed by atoms with Crippen LogP contribution in [0, 0.1) is 5.92 Å². The first-order valence-electron chi connectivity index (χ1n) is 8.49. The molecule has 0 aromatic carbocycles. The molecule has 1 amide bonds. The van der Waals surface area contributed by atoms with Gasteiger partial charge in [-0.25, -0.2) is 0 Å². The summed E-state index contributed by atoms with van der Waals surface area (Å²) < 4.78 is 5.51. The van der Waals surface area contributed by atoms with E-state index in [1.54, 1.807) is 0 Å². The van der Waals surface area contributed by atoms with Crippen molar-refractivity contribution >= 4 is 35.8 Å². The summed E-state index contributed by atoms with van der Waals surface area (Å²) in [7, 11) is 0. The molecule has 0 aliphatic carbocycles. The van der Waals surface area contributed by atoms with Crippen molar-refractivity contribution in [3.63, 3.8) is 0 Å². The molecule has 0 aliphatic rings. The second-order valence-corrected chi connectivity index (χ2v) is 5.45. The molecule has 0 rings (SSSR count). The van der Waals surface area contributed by atoms with Crippen LogP contribution in [0.4, 0.5) is 0 Å². The van der Waals surface area contributed by atoms with Crippen molar-refractivity contribution in [3.05, 3.63) is 0 Å². The molecule has 0 unspecified atom stereocenters. The number of amides is 1. The summed E-state index contributed by atoms with van der Waals surface area (Å²) >= 11 is 0. The number of ether oxygens (including phenoxy) is 1. The predicted octanol–water partition coefficient (Wildman–Crippen LogP) is 2.14. The van der Waals surface area contributed by atoms with E-state index in [1.807, 2.05) is 20.8 Å². The molecule has 0 saturated heterocycles. The fraction of sp³-hybridized carbons (Fsp3) is 0.875. The standard InChI is InChI=1S/C16H34N4O2.HI/c1-5-7-12-22-13-8-9-19-16(17-6-2)20-11-10-18-15(21)14(3)4;/h14H,5-13H2,1-4H3,(H,18,21)(H2,17,19,20);1H. The summed E-state index contributed by atoms with van der Waals surface area (Å²) in [6.07, 6.45) is 3.21. The Morgan fingerprint density at radius 1 is 1.04 bits per heavy atom. The highest BCUT2D eigenvalue weighted by Crippen LogP contribution is 1.91. The van der Waals surface area contributed by atoms with Gasteiger partial charge >= 0.3 is 0 Å². The normalized spacial score (nSPS) is 11.1. The Hall–Kier alpha value is -0.570. The van der Waals surface area contributed by atoms with Gasteiger partial charge in [-0.05, 0) is 19.8 Å². The van der Waals surface area contributed by atoms with Crippen LogP contribution in [-0.4, -0.2) is 51.3 Å². The molecule has 3 N–H and O–H groups in total. The van der Waals surface area contributed by atoms with Crippen LogP contribution in [0.15, 0.2) is 4.99 Å². The Kier molecular flexibility index (Phi) is 19.1. The second kappa shape index (κ2) is 17.8. The van der Waals surface area contributed by atoms with Gasteiger partial charge in [0.1, 0.15) is 0 Å². The highest BCUT2D eigenvalue weighted by molar-refractivity contribution is 14.0. The molecule has 0 aliphatic heterocycles. The number of halogens is 1. The van der Waals surface area contributed by atoms with E-state index in [4.69, 9.17) is 4.74 Å². The minimum absolute atomic E-state index is 0. The molecule has 23 heavy (non-hydrogen) atoms. The van der Waals surface area contributed by atoms with Gasteiger partial charge in [0.25, 0.3) is 0 Å². The van der Waals surface area contributed by atoms with E-state index in [9.17, 15) is 4.79 Å². The molecule has 0 fully saturated rings. The number of rotatable bonds is 12. The zero-order chi connectivity index (χ0) is 16.6. The highest BCUT2D eigenvalue weighted by Gasteiger charge is 2.05. The summed E-state index contributed by atoms with van der Waals surface area (Å²) in [5.74, 6) is 0.887. The van der Waals surface area contributed by atoms with Crippen LogP contribution >= 0.6 is 24.0 Å². The summed E-state index contributed by atoms with van der Waals surface area (Å²) in [4.78, 5) is 15.9. The van der Waals surface area contributed by atoms with Crippen LogP contribution in [0.1, 0.15) is 47.0 Å². The van der Waals surface area contributed by atoms with E-state index in [0.29, 0.717) is 13.1 Å². The van der Waals surface area contributed by atoms with Gasteiger partial charge in [0, 0.05) is 45.3 Å². The monoisotopic (exact) mass is 442 g/mol. The summed E-state index contributed by atoms with van der Waals surface area (Å²) in [6.45, 7) is 12.4. The topological polar surface area (TPSA) is 74.8 Å². The molecular formula is C16H35IN4O2. The Balaban J connectivity index is 0. The van der Waals surface area contributed by atoms with Gasteiger partial charge in [0.05, 0.1) is 0 Å². The summed E-state index contributed by atoms with van der Waals surface area (Å²) in [5, 5.41) is 9.27. The summed E-state index contributed by atoms with van der Waals surface area (Å²) in [5.41, 5.74) is 0. The SMILES string of the molecule is CCCCOCCCN=C(NCC)NCCNC(=O)C(C)C.I. The van der Waals surface area contributed by atoms with Crippen molar-refractivity contribution in [2.75, 3.05) is 39.4 Å². The smallest absolute Gasteiger partial charge is 0.222 e. The minimum atomic E-state index is 0. The third kappa shape index (κ3) is 16.1. The molecule has 0 spiro atoms. The van der Waals surface area contributed by atoms with Gasteiger partial charge in [0.15, 0.2) is 5.96 Å². The molecule has 0 radical (unpaired) electrons. The number of nitrogens with one attached hydrogen (secondary N) is 3. The molecular weight excluding hydrogens is 407 g/mol. The third-order valence-corrected chi connectivity index (χ3v) is 2.94. The lowest BCUT2D eigenvalue weighted by Crippen LogP contribution is -2.42. The average Bonchev–Trinajstić information content (AvgIpc) is 2.50. The van der Waals surface area contributed by atoms with Crippen molar-refractivity contribution in [1.29, 1.82) is 0 Å². The van der Waals surface area contributed by atoms with Crippen LogP contribution in [0.2, 0.25) is 0 Å². The average molecular weight is 442 g/mol. The molecule has 0 heterocycles. The Bertz CT molecular complexity index is 312. The number of unbranched alkanes of at least 4 members (excludes halogenated alkanes) is 1. The Labute approximate surface area is 158 Å². The third-order valence-electron chi connectivity index (χ3n) is 2.94. The van der Waals surface area contributed by atoms with E-state index in [0.717, 1.165) is 45.1 Å². The first-order chi connectivity index (χ1) is 10.6. The lowest BCUT2D eigenvalue weighted by Gasteiger charge is -2.12. The van der Waals surface area contributed by atoms with Gasteiger partial charge < -0.3 is 20.7 Å². The van der Waals surface area contributed by atoms with Crippen LogP contribution in [0.25, 0.3) is 0 Å². The molecule has 0 atom stereocenters. The fourth-order valence-corrected chi connectivity index (χ4v) is 1.62.